The number of aromatic nitrogens is 1. The van der Waals surface area contributed by atoms with Gasteiger partial charge >= 0.3 is 0 Å². The van der Waals surface area contributed by atoms with Crippen molar-refractivity contribution in [1.82, 2.24) is 4.98 Å². The minimum atomic E-state index is -0.237. The van der Waals surface area contributed by atoms with Crippen LogP contribution in [0, 0.1) is 6.92 Å². The van der Waals surface area contributed by atoms with Gasteiger partial charge in [0.15, 0.2) is 11.7 Å². The van der Waals surface area contributed by atoms with Gasteiger partial charge in [0.05, 0.1) is 11.4 Å². The van der Waals surface area contributed by atoms with E-state index in [1.165, 1.54) is 23.0 Å². The average Bonchev–Trinajstić information content (AvgIpc) is 3.11. The van der Waals surface area contributed by atoms with Gasteiger partial charge in [-0.15, -0.1) is 11.3 Å². The minimum absolute atomic E-state index is 0.0215. The number of hydrogen-bond donors (Lipinski definition) is 2. The van der Waals surface area contributed by atoms with Crippen molar-refractivity contribution in [1.29, 1.82) is 0 Å². The van der Waals surface area contributed by atoms with Crippen LogP contribution in [-0.2, 0) is 9.59 Å². The van der Waals surface area contributed by atoms with Crippen molar-refractivity contribution >= 4 is 40.0 Å². The number of nitrogens with zero attached hydrogens (tertiary/aromatic N) is 1. The second kappa shape index (κ2) is 8.73. The molecular formula is C24H23N3O3S. The average molecular weight is 434 g/mol. The normalized spacial score (nSPS) is 13.1. The van der Waals surface area contributed by atoms with Crippen LogP contribution in [0.4, 0.5) is 10.8 Å². The highest BCUT2D eigenvalue weighted by molar-refractivity contribution is 7.16. The number of carbonyl (C=O) groups excluding carboxylic acids is 2. The molecule has 0 atom stereocenters. The van der Waals surface area contributed by atoms with Crippen molar-refractivity contribution in [2.75, 3.05) is 17.2 Å². The highest BCUT2D eigenvalue weighted by Gasteiger charge is 2.18. The lowest BCUT2D eigenvalue weighted by Gasteiger charge is -2.18. The fourth-order valence-electron chi connectivity index (χ4n) is 3.26. The smallest absolute Gasteiger partial charge is 0.262 e. The molecule has 1 aromatic heterocycles. The van der Waals surface area contributed by atoms with Crippen molar-refractivity contribution < 1.29 is 14.3 Å². The lowest BCUT2D eigenvalue weighted by molar-refractivity contribution is -0.118. The van der Waals surface area contributed by atoms with Crippen LogP contribution in [0.15, 0.2) is 48.5 Å². The summed E-state index contributed by atoms with van der Waals surface area (Å²) in [6.45, 7) is 6.27. The first kappa shape index (κ1) is 20.8. The summed E-state index contributed by atoms with van der Waals surface area (Å²) in [6.07, 6.45) is 3.29. The van der Waals surface area contributed by atoms with Crippen molar-refractivity contribution in [3.63, 3.8) is 0 Å². The fourth-order valence-corrected chi connectivity index (χ4v) is 4.10. The molecule has 0 aliphatic carbocycles. The SMILES string of the molecule is Cc1sc(NC(=O)/C=C/c2ccc(C(C)C)cc2)nc1-c1ccc2c(c1)NC(=O)CO2. The number of amides is 2. The Kier molecular flexibility index (Phi) is 5.86. The first-order chi connectivity index (χ1) is 14.9. The lowest BCUT2D eigenvalue weighted by Crippen LogP contribution is -2.25. The van der Waals surface area contributed by atoms with Gasteiger partial charge in [-0.1, -0.05) is 38.1 Å². The molecule has 3 aromatic rings. The summed E-state index contributed by atoms with van der Waals surface area (Å²) in [5.41, 5.74) is 4.46. The quantitative estimate of drug-likeness (QED) is 0.540. The Balaban J connectivity index is 1.46. The van der Waals surface area contributed by atoms with E-state index >= 15 is 0 Å². The summed E-state index contributed by atoms with van der Waals surface area (Å²) in [5.74, 6) is 0.691. The van der Waals surface area contributed by atoms with E-state index in [2.05, 4.69) is 41.6 Å². The molecule has 2 amide bonds. The number of benzene rings is 2. The molecule has 0 spiro atoms. The molecule has 4 rings (SSSR count). The third kappa shape index (κ3) is 4.83. The van der Waals surface area contributed by atoms with E-state index in [0.717, 1.165) is 21.7 Å². The van der Waals surface area contributed by atoms with Gasteiger partial charge in [0.25, 0.3) is 5.91 Å². The van der Waals surface area contributed by atoms with Crippen molar-refractivity contribution in [3.05, 3.63) is 64.5 Å². The molecule has 0 bridgehead atoms. The number of thiazole rings is 1. The predicted molar refractivity (Wildman–Crippen MR) is 125 cm³/mol. The molecule has 31 heavy (non-hydrogen) atoms. The van der Waals surface area contributed by atoms with Crippen LogP contribution in [0.5, 0.6) is 5.75 Å². The van der Waals surface area contributed by atoms with Gasteiger partial charge in [0.2, 0.25) is 5.91 Å². The maximum Gasteiger partial charge on any atom is 0.262 e. The van der Waals surface area contributed by atoms with Gasteiger partial charge in [0.1, 0.15) is 5.75 Å². The summed E-state index contributed by atoms with van der Waals surface area (Å²) in [7, 11) is 0. The van der Waals surface area contributed by atoms with Crippen molar-refractivity contribution in [2.24, 2.45) is 0 Å². The zero-order chi connectivity index (χ0) is 22.0. The van der Waals surface area contributed by atoms with E-state index in [1.807, 2.05) is 37.3 Å². The summed E-state index contributed by atoms with van der Waals surface area (Å²) in [6, 6.07) is 13.7. The Morgan fingerprint density at radius 1 is 1.23 bits per heavy atom. The Hall–Kier alpha value is -3.45. The summed E-state index contributed by atoms with van der Waals surface area (Å²) >= 11 is 1.41. The zero-order valence-corrected chi connectivity index (χ0v) is 18.4. The van der Waals surface area contributed by atoms with Gasteiger partial charge in [-0.05, 0) is 48.2 Å². The molecule has 2 aromatic carbocycles. The van der Waals surface area contributed by atoms with Gasteiger partial charge in [-0.25, -0.2) is 4.98 Å². The molecule has 2 N–H and O–H groups in total. The number of ether oxygens (including phenoxy) is 1. The standard InChI is InChI=1S/C24H23N3O3S/c1-14(2)17-7-4-16(5-8-17)6-11-21(28)26-24-27-23(15(3)31-24)18-9-10-20-19(12-18)25-22(29)13-30-20/h4-12,14H,13H2,1-3H3,(H,25,29)(H,26,27,28)/b11-6+. The van der Waals surface area contributed by atoms with E-state index in [1.54, 1.807) is 6.08 Å². The third-order valence-corrected chi connectivity index (χ3v) is 5.83. The first-order valence-electron chi connectivity index (χ1n) is 10.0. The topological polar surface area (TPSA) is 80.3 Å². The van der Waals surface area contributed by atoms with Crippen LogP contribution in [0.1, 0.15) is 35.8 Å². The summed E-state index contributed by atoms with van der Waals surface area (Å²) in [4.78, 5) is 29.5. The van der Waals surface area contributed by atoms with Crippen LogP contribution >= 0.6 is 11.3 Å². The minimum Gasteiger partial charge on any atom is -0.482 e. The Bertz CT molecular complexity index is 1160. The molecule has 158 valence electrons. The second-order valence-electron chi connectivity index (χ2n) is 7.62. The van der Waals surface area contributed by atoms with Crippen LogP contribution in [0.25, 0.3) is 17.3 Å². The molecule has 0 radical (unpaired) electrons. The summed E-state index contributed by atoms with van der Waals surface area (Å²) in [5, 5.41) is 6.16. The Labute approximate surface area is 185 Å². The van der Waals surface area contributed by atoms with Gasteiger partial charge < -0.3 is 10.1 Å². The van der Waals surface area contributed by atoms with Gasteiger partial charge in [-0.2, -0.15) is 0 Å². The molecule has 6 nitrogen and oxygen atoms in total. The molecule has 7 heteroatoms. The van der Waals surface area contributed by atoms with Crippen molar-refractivity contribution in [3.8, 4) is 17.0 Å². The number of anilines is 2. The van der Waals surface area contributed by atoms with Gasteiger partial charge in [0, 0.05) is 16.5 Å². The molecule has 0 saturated heterocycles. The number of rotatable bonds is 5. The summed E-state index contributed by atoms with van der Waals surface area (Å²) < 4.78 is 5.40. The van der Waals surface area contributed by atoms with Crippen molar-refractivity contribution in [2.45, 2.75) is 26.7 Å². The molecule has 0 fully saturated rings. The number of fused-ring (bicyclic) bond motifs is 1. The van der Waals surface area contributed by atoms with E-state index in [-0.39, 0.29) is 18.4 Å². The Morgan fingerprint density at radius 2 is 2.00 bits per heavy atom. The number of carbonyl (C=O) groups is 2. The number of hydrogen-bond acceptors (Lipinski definition) is 5. The van der Waals surface area contributed by atoms with Crippen LogP contribution in [-0.4, -0.2) is 23.4 Å². The second-order valence-corrected chi connectivity index (χ2v) is 8.82. The van der Waals surface area contributed by atoms with E-state index < -0.39 is 0 Å². The van der Waals surface area contributed by atoms with Gasteiger partial charge in [-0.3, -0.25) is 14.9 Å². The monoisotopic (exact) mass is 433 g/mol. The molecular weight excluding hydrogens is 410 g/mol. The van der Waals surface area contributed by atoms with E-state index in [0.29, 0.717) is 22.5 Å². The Morgan fingerprint density at radius 3 is 2.74 bits per heavy atom. The zero-order valence-electron chi connectivity index (χ0n) is 17.6. The highest BCUT2D eigenvalue weighted by Crippen LogP contribution is 2.36. The lowest BCUT2D eigenvalue weighted by atomic mass is 10.0. The number of nitrogens with one attached hydrogen (secondary N) is 2. The predicted octanol–water partition coefficient (Wildman–Crippen LogP) is 5.22. The molecule has 0 unspecified atom stereocenters. The highest BCUT2D eigenvalue weighted by atomic mass is 32.1. The molecule has 1 aliphatic rings. The fraction of sp³-hybridized carbons (Fsp3) is 0.208. The maximum absolute atomic E-state index is 12.4. The molecule has 0 saturated carbocycles. The van der Waals surface area contributed by atoms with E-state index in [4.69, 9.17) is 4.74 Å². The van der Waals surface area contributed by atoms with Crippen LogP contribution in [0.3, 0.4) is 0 Å². The number of aryl methyl sites for hydroxylation is 1. The van der Waals surface area contributed by atoms with Crippen LogP contribution < -0.4 is 15.4 Å². The van der Waals surface area contributed by atoms with Crippen LogP contribution in [0.2, 0.25) is 0 Å². The van der Waals surface area contributed by atoms with E-state index in [9.17, 15) is 9.59 Å². The first-order valence-corrected chi connectivity index (χ1v) is 10.8. The third-order valence-electron chi connectivity index (χ3n) is 4.94. The molecule has 1 aliphatic heterocycles. The molecule has 2 heterocycles. The largest absolute Gasteiger partial charge is 0.482 e. The maximum atomic E-state index is 12.4.